The summed E-state index contributed by atoms with van der Waals surface area (Å²) in [5.74, 6) is 0.212. The summed E-state index contributed by atoms with van der Waals surface area (Å²) < 4.78 is 0. The number of anilines is 1. The Labute approximate surface area is 107 Å². The Morgan fingerprint density at radius 2 is 2.00 bits per heavy atom. The lowest BCUT2D eigenvalue weighted by atomic mass is 9.92. The Kier molecular flexibility index (Phi) is 4.20. The number of primary amides is 1. The molecular weight excluding hydrogens is 228 g/mol. The number of amides is 1. The highest BCUT2D eigenvalue weighted by molar-refractivity contribution is 5.74. The lowest BCUT2D eigenvalue weighted by molar-refractivity contribution is -0.119. The first-order valence-corrected chi connectivity index (χ1v) is 6.42. The summed E-state index contributed by atoms with van der Waals surface area (Å²) in [4.78, 5) is 13.2. The van der Waals surface area contributed by atoms with E-state index in [0.29, 0.717) is 12.3 Å². The molecule has 1 aromatic carbocycles. The van der Waals surface area contributed by atoms with Gasteiger partial charge < -0.3 is 15.7 Å². The highest BCUT2D eigenvalue weighted by atomic mass is 16.3. The molecule has 0 bridgehead atoms. The van der Waals surface area contributed by atoms with E-state index in [4.69, 9.17) is 5.73 Å². The number of carbonyl (C=O) groups excluding carboxylic acids is 1. The van der Waals surface area contributed by atoms with Gasteiger partial charge in [0, 0.05) is 30.8 Å². The fourth-order valence-electron chi connectivity index (χ4n) is 2.62. The largest absolute Gasteiger partial charge is 0.392 e. The molecule has 0 unspecified atom stereocenters. The smallest absolute Gasteiger partial charge is 0.217 e. The summed E-state index contributed by atoms with van der Waals surface area (Å²) >= 11 is 0. The fourth-order valence-corrected chi connectivity index (χ4v) is 2.62. The van der Waals surface area contributed by atoms with Crippen LogP contribution in [0.4, 0.5) is 5.69 Å². The number of aliphatic hydroxyl groups is 1. The van der Waals surface area contributed by atoms with Crippen molar-refractivity contribution in [2.75, 3.05) is 18.0 Å². The summed E-state index contributed by atoms with van der Waals surface area (Å²) in [5, 5.41) is 9.33. The Morgan fingerprint density at radius 1 is 1.33 bits per heavy atom. The average molecular weight is 248 g/mol. The van der Waals surface area contributed by atoms with Gasteiger partial charge in [-0.15, -0.1) is 0 Å². The molecule has 4 heteroatoms. The highest BCUT2D eigenvalue weighted by Gasteiger charge is 2.21. The van der Waals surface area contributed by atoms with E-state index >= 15 is 0 Å². The molecule has 2 rings (SSSR count). The molecule has 0 radical (unpaired) electrons. The quantitative estimate of drug-likeness (QED) is 0.843. The zero-order valence-corrected chi connectivity index (χ0v) is 10.5. The lowest BCUT2D eigenvalue weighted by Crippen LogP contribution is -2.35. The predicted octanol–water partition coefficient (Wildman–Crippen LogP) is 1.27. The Balaban J connectivity index is 1.99. The van der Waals surface area contributed by atoms with E-state index in [1.165, 1.54) is 0 Å². The molecule has 18 heavy (non-hydrogen) atoms. The van der Waals surface area contributed by atoms with Crippen molar-refractivity contribution in [2.45, 2.75) is 25.9 Å². The maximum absolute atomic E-state index is 10.9. The first-order chi connectivity index (χ1) is 8.70. The summed E-state index contributed by atoms with van der Waals surface area (Å²) in [6, 6.07) is 7.92. The van der Waals surface area contributed by atoms with Crippen LogP contribution in [0.2, 0.25) is 0 Å². The van der Waals surface area contributed by atoms with Crippen molar-refractivity contribution >= 4 is 11.6 Å². The standard InChI is InChI=1S/C14H20N2O2/c15-14(18)9-11-5-7-16(8-6-11)13-4-2-1-3-12(13)10-17/h1-4,11,17H,5-10H2,(H2,15,18). The molecule has 0 spiro atoms. The molecule has 0 aliphatic carbocycles. The van der Waals surface area contributed by atoms with Crippen LogP contribution in [0.5, 0.6) is 0 Å². The zero-order valence-electron chi connectivity index (χ0n) is 10.5. The van der Waals surface area contributed by atoms with Crippen LogP contribution < -0.4 is 10.6 Å². The molecule has 0 saturated carbocycles. The monoisotopic (exact) mass is 248 g/mol. The van der Waals surface area contributed by atoms with Crippen LogP contribution in [0.25, 0.3) is 0 Å². The van der Waals surface area contributed by atoms with Crippen LogP contribution >= 0.6 is 0 Å². The molecule has 1 aromatic rings. The van der Waals surface area contributed by atoms with Crippen molar-refractivity contribution in [3.8, 4) is 0 Å². The normalized spacial score (nSPS) is 16.8. The number of rotatable bonds is 4. The lowest BCUT2D eigenvalue weighted by Gasteiger charge is -2.34. The van der Waals surface area contributed by atoms with E-state index in [2.05, 4.69) is 4.90 Å². The van der Waals surface area contributed by atoms with Crippen molar-refractivity contribution in [3.63, 3.8) is 0 Å². The molecule has 1 aliphatic heterocycles. The van der Waals surface area contributed by atoms with Crippen LogP contribution in [0.15, 0.2) is 24.3 Å². The molecular formula is C14H20N2O2. The molecule has 1 fully saturated rings. The van der Waals surface area contributed by atoms with Gasteiger partial charge in [0.2, 0.25) is 5.91 Å². The molecule has 1 amide bonds. The van der Waals surface area contributed by atoms with Crippen LogP contribution in [0, 0.1) is 5.92 Å². The number of nitrogens with two attached hydrogens (primary N) is 1. The molecule has 3 N–H and O–H groups in total. The maximum atomic E-state index is 10.9. The summed E-state index contributed by atoms with van der Waals surface area (Å²) in [5.41, 5.74) is 7.30. The van der Waals surface area contributed by atoms with Gasteiger partial charge in [-0.25, -0.2) is 0 Å². The highest BCUT2D eigenvalue weighted by Crippen LogP contribution is 2.27. The van der Waals surface area contributed by atoms with Crippen molar-refractivity contribution in [1.29, 1.82) is 0 Å². The molecule has 0 atom stereocenters. The van der Waals surface area contributed by atoms with Gasteiger partial charge in [-0.3, -0.25) is 4.79 Å². The number of benzene rings is 1. The minimum Gasteiger partial charge on any atom is -0.392 e. The zero-order chi connectivity index (χ0) is 13.0. The minimum atomic E-state index is -0.204. The van der Waals surface area contributed by atoms with E-state index < -0.39 is 0 Å². The maximum Gasteiger partial charge on any atom is 0.217 e. The van der Waals surface area contributed by atoms with Gasteiger partial charge in [0.25, 0.3) is 0 Å². The topological polar surface area (TPSA) is 66.6 Å². The summed E-state index contributed by atoms with van der Waals surface area (Å²) in [6.07, 6.45) is 2.47. The minimum absolute atomic E-state index is 0.0669. The van der Waals surface area contributed by atoms with E-state index in [9.17, 15) is 9.90 Å². The van der Waals surface area contributed by atoms with Crippen molar-refractivity contribution in [2.24, 2.45) is 11.7 Å². The number of hydrogen-bond acceptors (Lipinski definition) is 3. The molecule has 4 nitrogen and oxygen atoms in total. The Hall–Kier alpha value is -1.55. The summed E-state index contributed by atoms with van der Waals surface area (Å²) in [6.45, 7) is 1.92. The number of piperidine rings is 1. The number of carbonyl (C=O) groups is 1. The molecule has 1 saturated heterocycles. The van der Waals surface area contributed by atoms with Crippen LogP contribution in [0.1, 0.15) is 24.8 Å². The van der Waals surface area contributed by atoms with E-state index in [-0.39, 0.29) is 12.5 Å². The number of nitrogens with zero attached hydrogens (tertiary/aromatic N) is 1. The first kappa shape index (κ1) is 12.9. The SMILES string of the molecule is NC(=O)CC1CCN(c2ccccc2CO)CC1. The Bertz CT molecular complexity index is 412. The number of para-hydroxylation sites is 1. The van der Waals surface area contributed by atoms with Gasteiger partial charge in [-0.05, 0) is 24.8 Å². The predicted molar refractivity (Wildman–Crippen MR) is 71.1 cm³/mol. The fraction of sp³-hybridized carbons (Fsp3) is 0.500. The van der Waals surface area contributed by atoms with Gasteiger partial charge in [0.1, 0.15) is 0 Å². The molecule has 1 heterocycles. The molecule has 1 aliphatic rings. The van der Waals surface area contributed by atoms with E-state index in [1.54, 1.807) is 0 Å². The van der Waals surface area contributed by atoms with Crippen LogP contribution in [-0.2, 0) is 11.4 Å². The van der Waals surface area contributed by atoms with Crippen LogP contribution in [0.3, 0.4) is 0 Å². The van der Waals surface area contributed by atoms with E-state index in [0.717, 1.165) is 37.2 Å². The van der Waals surface area contributed by atoms with Gasteiger partial charge in [0.05, 0.1) is 6.61 Å². The van der Waals surface area contributed by atoms with Gasteiger partial charge in [0.15, 0.2) is 0 Å². The van der Waals surface area contributed by atoms with E-state index in [1.807, 2.05) is 24.3 Å². The first-order valence-electron chi connectivity index (χ1n) is 6.42. The molecule has 0 aromatic heterocycles. The second-order valence-corrected chi connectivity index (χ2v) is 4.89. The van der Waals surface area contributed by atoms with Crippen molar-refractivity contribution in [1.82, 2.24) is 0 Å². The third-order valence-corrected chi connectivity index (χ3v) is 3.61. The second kappa shape index (κ2) is 5.87. The van der Waals surface area contributed by atoms with Crippen LogP contribution in [-0.4, -0.2) is 24.1 Å². The number of aliphatic hydroxyl groups excluding tert-OH is 1. The number of hydrogen-bond donors (Lipinski definition) is 2. The third kappa shape index (κ3) is 3.01. The second-order valence-electron chi connectivity index (χ2n) is 4.89. The average Bonchev–Trinajstić information content (AvgIpc) is 2.39. The molecule has 98 valence electrons. The Morgan fingerprint density at radius 3 is 2.61 bits per heavy atom. The van der Waals surface area contributed by atoms with Crippen molar-refractivity contribution in [3.05, 3.63) is 29.8 Å². The van der Waals surface area contributed by atoms with Gasteiger partial charge in [-0.2, -0.15) is 0 Å². The summed E-state index contributed by atoms with van der Waals surface area (Å²) in [7, 11) is 0. The van der Waals surface area contributed by atoms with Gasteiger partial charge in [-0.1, -0.05) is 18.2 Å². The third-order valence-electron chi connectivity index (χ3n) is 3.61. The van der Waals surface area contributed by atoms with Gasteiger partial charge >= 0.3 is 0 Å². The van der Waals surface area contributed by atoms with Crippen molar-refractivity contribution < 1.29 is 9.90 Å².